The molecule has 0 spiro atoms. The molecule has 0 atom stereocenters. The van der Waals surface area contributed by atoms with E-state index in [-0.39, 0.29) is 11.6 Å². The van der Waals surface area contributed by atoms with Crippen molar-refractivity contribution in [2.45, 2.75) is 26.3 Å². The Bertz CT molecular complexity index is 471. The first-order valence-corrected chi connectivity index (χ1v) is 5.59. The van der Waals surface area contributed by atoms with E-state index in [1.165, 1.54) is 6.07 Å². The summed E-state index contributed by atoms with van der Waals surface area (Å²) < 4.78 is 0. The molecule has 0 radical (unpaired) electrons. The fourth-order valence-electron chi connectivity index (χ4n) is 2.02. The third-order valence-corrected chi connectivity index (χ3v) is 3.08. The number of hydrogen-bond acceptors (Lipinski definition) is 3. The summed E-state index contributed by atoms with van der Waals surface area (Å²) in [7, 11) is 0. The van der Waals surface area contributed by atoms with Crippen LogP contribution in [-0.2, 0) is 11.3 Å². The van der Waals surface area contributed by atoms with E-state index in [4.69, 9.17) is 0 Å². The number of non-ortho nitro benzene ring substituents is 1. The molecule has 1 saturated heterocycles. The van der Waals surface area contributed by atoms with Crippen LogP contribution in [0.25, 0.3) is 0 Å². The summed E-state index contributed by atoms with van der Waals surface area (Å²) in [6.45, 7) is 3.13. The molecule has 90 valence electrons. The van der Waals surface area contributed by atoms with Gasteiger partial charge in [-0.15, -0.1) is 0 Å². The van der Waals surface area contributed by atoms with Crippen LogP contribution in [0.1, 0.15) is 24.0 Å². The maximum absolute atomic E-state index is 11.5. The zero-order chi connectivity index (χ0) is 12.4. The molecule has 2 rings (SSSR count). The van der Waals surface area contributed by atoms with Crippen molar-refractivity contribution in [2.75, 3.05) is 6.54 Å². The molecule has 5 nitrogen and oxygen atoms in total. The first-order chi connectivity index (χ1) is 8.08. The predicted octanol–water partition coefficient (Wildman–Crippen LogP) is 2.03. The summed E-state index contributed by atoms with van der Waals surface area (Å²) in [4.78, 5) is 23.5. The van der Waals surface area contributed by atoms with Gasteiger partial charge >= 0.3 is 0 Å². The number of likely N-dealkylation sites (tertiary alicyclic amines) is 1. The molecule has 1 aromatic rings. The van der Waals surface area contributed by atoms with Crippen LogP contribution in [0.5, 0.6) is 0 Å². The Morgan fingerprint density at radius 2 is 2.24 bits per heavy atom. The number of carbonyl (C=O) groups excluding carboxylic acids is 1. The Labute approximate surface area is 99.2 Å². The van der Waals surface area contributed by atoms with E-state index in [0.717, 1.165) is 24.1 Å². The molecule has 1 amide bonds. The molecule has 17 heavy (non-hydrogen) atoms. The molecular weight excluding hydrogens is 220 g/mol. The monoisotopic (exact) mass is 234 g/mol. The SMILES string of the molecule is Cc1ccc([N+](=O)[O-])cc1CN1CCCC1=O. The Balaban J connectivity index is 2.22. The van der Waals surface area contributed by atoms with Gasteiger partial charge in [-0.25, -0.2) is 0 Å². The molecule has 1 fully saturated rings. The van der Waals surface area contributed by atoms with E-state index < -0.39 is 4.92 Å². The van der Waals surface area contributed by atoms with Crippen LogP contribution in [0.4, 0.5) is 5.69 Å². The van der Waals surface area contributed by atoms with Crippen LogP contribution in [0.2, 0.25) is 0 Å². The van der Waals surface area contributed by atoms with Gasteiger partial charge in [-0.05, 0) is 24.5 Å². The lowest BCUT2D eigenvalue weighted by atomic mass is 10.1. The second kappa shape index (κ2) is 4.53. The number of amides is 1. The number of nitro groups is 1. The zero-order valence-corrected chi connectivity index (χ0v) is 9.68. The van der Waals surface area contributed by atoms with Gasteiger partial charge in [0.1, 0.15) is 0 Å². The van der Waals surface area contributed by atoms with Gasteiger partial charge in [-0.2, -0.15) is 0 Å². The normalized spacial score (nSPS) is 15.4. The molecule has 0 aliphatic carbocycles. The van der Waals surface area contributed by atoms with E-state index in [9.17, 15) is 14.9 Å². The van der Waals surface area contributed by atoms with Crippen molar-refractivity contribution in [1.29, 1.82) is 0 Å². The highest BCUT2D eigenvalue weighted by Gasteiger charge is 2.21. The highest BCUT2D eigenvalue weighted by molar-refractivity contribution is 5.78. The highest BCUT2D eigenvalue weighted by Crippen LogP contribution is 2.21. The lowest BCUT2D eigenvalue weighted by Gasteiger charge is -2.16. The van der Waals surface area contributed by atoms with Gasteiger partial charge in [-0.1, -0.05) is 6.07 Å². The van der Waals surface area contributed by atoms with Gasteiger partial charge in [0.25, 0.3) is 5.69 Å². The number of nitrogens with zero attached hydrogens (tertiary/aromatic N) is 2. The lowest BCUT2D eigenvalue weighted by Crippen LogP contribution is -2.24. The average molecular weight is 234 g/mol. The van der Waals surface area contributed by atoms with Crippen molar-refractivity contribution in [3.63, 3.8) is 0 Å². The van der Waals surface area contributed by atoms with Crippen molar-refractivity contribution >= 4 is 11.6 Å². The minimum Gasteiger partial charge on any atom is -0.338 e. The van der Waals surface area contributed by atoms with E-state index >= 15 is 0 Å². The lowest BCUT2D eigenvalue weighted by molar-refractivity contribution is -0.384. The summed E-state index contributed by atoms with van der Waals surface area (Å²) in [6.07, 6.45) is 1.47. The van der Waals surface area contributed by atoms with Crippen molar-refractivity contribution in [1.82, 2.24) is 4.90 Å². The fraction of sp³-hybridized carbons (Fsp3) is 0.417. The standard InChI is InChI=1S/C12H14N2O3/c1-9-4-5-11(14(16)17)7-10(9)8-13-6-2-3-12(13)15/h4-5,7H,2-3,6,8H2,1H3. The average Bonchev–Trinajstić information content (AvgIpc) is 2.67. The molecule has 0 unspecified atom stereocenters. The van der Waals surface area contributed by atoms with Crippen molar-refractivity contribution in [3.05, 3.63) is 39.4 Å². The molecule has 1 aliphatic heterocycles. The van der Waals surface area contributed by atoms with Gasteiger partial charge in [0.2, 0.25) is 5.91 Å². The largest absolute Gasteiger partial charge is 0.338 e. The van der Waals surface area contributed by atoms with Gasteiger partial charge in [0.15, 0.2) is 0 Å². The number of benzene rings is 1. The molecule has 1 aromatic carbocycles. The minimum atomic E-state index is -0.408. The van der Waals surface area contributed by atoms with E-state index in [1.54, 1.807) is 17.0 Å². The van der Waals surface area contributed by atoms with E-state index in [1.807, 2.05) is 6.92 Å². The van der Waals surface area contributed by atoms with Crippen LogP contribution in [-0.4, -0.2) is 22.3 Å². The van der Waals surface area contributed by atoms with Crippen LogP contribution in [0, 0.1) is 17.0 Å². The summed E-state index contributed by atoms with van der Waals surface area (Å²) in [5.74, 6) is 0.135. The van der Waals surface area contributed by atoms with Crippen LogP contribution in [0.15, 0.2) is 18.2 Å². The molecule has 5 heteroatoms. The number of rotatable bonds is 3. The maximum atomic E-state index is 11.5. The summed E-state index contributed by atoms with van der Waals surface area (Å²) in [5, 5.41) is 10.7. The quantitative estimate of drug-likeness (QED) is 0.593. The minimum absolute atomic E-state index is 0.0808. The molecule has 1 heterocycles. The molecule has 1 aliphatic rings. The van der Waals surface area contributed by atoms with Gasteiger partial charge in [-0.3, -0.25) is 14.9 Å². The van der Waals surface area contributed by atoms with Gasteiger partial charge < -0.3 is 4.90 Å². The number of carbonyl (C=O) groups is 1. The molecule has 0 N–H and O–H groups in total. The third kappa shape index (κ3) is 2.43. The highest BCUT2D eigenvalue weighted by atomic mass is 16.6. The number of hydrogen-bond donors (Lipinski definition) is 0. The van der Waals surface area contributed by atoms with E-state index in [0.29, 0.717) is 13.0 Å². The van der Waals surface area contributed by atoms with Crippen molar-refractivity contribution in [2.24, 2.45) is 0 Å². The van der Waals surface area contributed by atoms with Gasteiger partial charge in [0.05, 0.1) is 4.92 Å². The van der Waals surface area contributed by atoms with Crippen LogP contribution >= 0.6 is 0 Å². The Kier molecular flexibility index (Phi) is 3.08. The molecule has 0 aromatic heterocycles. The number of nitro benzene ring substituents is 1. The predicted molar refractivity (Wildman–Crippen MR) is 62.5 cm³/mol. The van der Waals surface area contributed by atoms with Crippen molar-refractivity contribution < 1.29 is 9.72 Å². The Hall–Kier alpha value is -1.91. The second-order valence-corrected chi connectivity index (χ2v) is 4.29. The first kappa shape index (κ1) is 11.6. The maximum Gasteiger partial charge on any atom is 0.269 e. The smallest absolute Gasteiger partial charge is 0.269 e. The van der Waals surface area contributed by atoms with E-state index in [2.05, 4.69) is 0 Å². The Morgan fingerprint density at radius 3 is 2.82 bits per heavy atom. The Morgan fingerprint density at radius 1 is 1.47 bits per heavy atom. The number of aryl methyl sites for hydroxylation is 1. The molecule has 0 bridgehead atoms. The van der Waals surface area contributed by atoms with Crippen LogP contribution in [0.3, 0.4) is 0 Å². The van der Waals surface area contributed by atoms with Gasteiger partial charge in [0, 0.05) is 31.6 Å². The fourth-order valence-corrected chi connectivity index (χ4v) is 2.02. The third-order valence-electron chi connectivity index (χ3n) is 3.08. The van der Waals surface area contributed by atoms with Crippen LogP contribution < -0.4 is 0 Å². The molecular formula is C12H14N2O3. The molecule has 0 saturated carbocycles. The summed E-state index contributed by atoms with van der Waals surface area (Å²) >= 11 is 0. The second-order valence-electron chi connectivity index (χ2n) is 4.29. The topological polar surface area (TPSA) is 63.5 Å². The zero-order valence-electron chi connectivity index (χ0n) is 9.68. The summed E-state index contributed by atoms with van der Waals surface area (Å²) in [6, 6.07) is 4.78. The summed E-state index contributed by atoms with van der Waals surface area (Å²) in [5.41, 5.74) is 1.92. The van der Waals surface area contributed by atoms with Crippen molar-refractivity contribution in [3.8, 4) is 0 Å². The first-order valence-electron chi connectivity index (χ1n) is 5.59.